The Hall–Kier alpha value is -2.52. The number of hydrogen-bond acceptors (Lipinski definition) is 1. The molecule has 0 fully saturated rings. The third kappa shape index (κ3) is 5.10. The normalized spacial score (nSPS) is 15.9. The van der Waals surface area contributed by atoms with Gasteiger partial charge in [0.2, 0.25) is 0 Å². The quantitative estimate of drug-likeness (QED) is 0.460. The third-order valence-electron chi connectivity index (χ3n) is 6.87. The first-order valence-corrected chi connectivity index (χ1v) is 11.3. The van der Waals surface area contributed by atoms with E-state index in [1.165, 1.54) is 29.5 Å². The van der Waals surface area contributed by atoms with Gasteiger partial charge in [0.1, 0.15) is 0 Å². The van der Waals surface area contributed by atoms with Gasteiger partial charge in [-0.1, -0.05) is 88.4 Å². The smallest absolute Gasteiger partial charge is 0.251 e. The molecular formula is C29H35NOS. The molecule has 2 nitrogen and oxygen atoms in total. The lowest BCUT2D eigenvalue weighted by molar-refractivity contribution is 0.0954. The van der Waals surface area contributed by atoms with Crippen LogP contribution < -0.4 is 5.32 Å². The lowest BCUT2D eigenvalue weighted by Crippen LogP contribution is -2.34. The number of hydrogen-bond donors (Lipinski definition) is 1. The Morgan fingerprint density at radius 3 is 2.03 bits per heavy atom. The Morgan fingerprint density at radius 1 is 0.781 bits per heavy atom. The van der Waals surface area contributed by atoms with Gasteiger partial charge < -0.3 is 5.32 Å². The third-order valence-corrected chi connectivity index (χ3v) is 6.87. The minimum Gasteiger partial charge on any atom is -0.352 e. The summed E-state index contributed by atoms with van der Waals surface area (Å²) in [7, 11) is 0. The molecule has 3 aromatic carbocycles. The van der Waals surface area contributed by atoms with Crippen molar-refractivity contribution in [3.63, 3.8) is 0 Å². The van der Waals surface area contributed by atoms with Crippen molar-refractivity contribution in [2.45, 2.75) is 57.8 Å². The fourth-order valence-corrected chi connectivity index (χ4v) is 4.66. The molecule has 1 N–H and O–H groups in total. The van der Waals surface area contributed by atoms with Crippen LogP contribution in [0.3, 0.4) is 0 Å². The topological polar surface area (TPSA) is 29.1 Å². The summed E-state index contributed by atoms with van der Waals surface area (Å²) in [5.74, 6) is -0.0148. The maximum absolute atomic E-state index is 12.6. The van der Waals surface area contributed by atoms with Crippen LogP contribution in [0.15, 0.2) is 72.8 Å². The minimum atomic E-state index is -0.0148. The van der Waals surface area contributed by atoms with Gasteiger partial charge in [0.25, 0.3) is 5.91 Å². The Morgan fingerprint density at radius 2 is 1.38 bits per heavy atom. The molecule has 0 spiro atoms. The molecule has 3 aromatic rings. The second-order valence-electron chi connectivity index (χ2n) is 10.1. The number of fused-ring (bicyclic) bond motifs is 1. The van der Waals surface area contributed by atoms with Crippen molar-refractivity contribution in [1.82, 2.24) is 5.32 Å². The van der Waals surface area contributed by atoms with Crippen molar-refractivity contribution in [2.24, 2.45) is 0 Å². The van der Waals surface area contributed by atoms with E-state index in [2.05, 4.69) is 63.3 Å². The first-order valence-electron chi connectivity index (χ1n) is 11.3. The number of rotatable bonds is 5. The lowest BCUT2D eigenvalue weighted by Gasteiger charge is -2.42. The zero-order valence-electron chi connectivity index (χ0n) is 19.7. The Labute approximate surface area is 199 Å². The summed E-state index contributed by atoms with van der Waals surface area (Å²) < 4.78 is 0. The van der Waals surface area contributed by atoms with Crippen LogP contribution in [0.5, 0.6) is 0 Å². The van der Waals surface area contributed by atoms with Crippen LogP contribution in [0.1, 0.15) is 67.6 Å². The lowest BCUT2D eigenvalue weighted by atomic mass is 9.63. The van der Waals surface area contributed by atoms with E-state index in [1.54, 1.807) is 0 Å². The average Bonchev–Trinajstić information content (AvgIpc) is 2.78. The van der Waals surface area contributed by atoms with Gasteiger partial charge in [-0.2, -0.15) is 13.5 Å². The molecule has 4 rings (SSSR count). The molecule has 0 radical (unpaired) electrons. The molecule has 32 heavy (non-hydrogen) atoms. The second kappa shape index (κ2) is 9.54. The van der Waals surface area contributed by atoms with Gasteiger partial charge in [0, 0.05) is 12.1 Å². The van der Waals surface area contributed by atoms with E-state index in [-0.39, 0.29) is 30.2 Å². The summed E-state index contributed by atoms with van der Waals surface area (Å²) in [6, 6.07) is 25.0. The largest absolute Gasteiger partial charge is 0.352 e. The molecule has 0 aromatic heterocycles. The van der Waals surface area contributed by atoms with E-state index >= 15 is 0 Å². The van der Waals surface area contributed by atoms with Gasteiger partial charge in [0.05, 0.1) is 0 Å². The first-order chi connectivity index (χ1) is 14.8. The first kappa shape index (κ1) is 24.1. The summed E-state index contributed by atoms with van der Waals surface area (Å²) in [5.41, 5.74) is 7.69. The SMILES string of the molecule is CC1(C)CCC(C)(C)c2cc(CCNC(=O)c3ccc(-c4ccccc4)cc3)ccc21.S. The Bertz CT molecular complexity index is 1070. The molecule has 0 atom stereocenters. The summed E-state index contributed by atoms with van der Waals surface area (Å²) in [5, 5.41) is 3.08. The molecule has 1 aliphatic rings. The summed E-state index contributed by atoms with van der Waals surface area (Å²) in [6.45, 7) is 10.0. The van der Waals surface area contributed by atoms with Gasteiger partial charge >= 0.3 is 0 Å². The average molecular weight is 446 g/mol. The zero-order valence-corrected chi connectivity index (χ0v) is 20.7. The van der Waals surface area contributed by atoms with Crippen LogP contribution in [0.4, 0.5) is 0 Å². The molecule has 1 aliphatic carbocycles. The van der Waals surface area contributed by atoms with Crippen molar-refractivity contribution >= 4 is 19.4 Å². The number of benzene rings is 3. The van der Waals surface area contributed by atoms with Gasteiger partial charge in [-0.05, 0) is 70.0 Å². The standard InChI is InChI=1S/C29H33NO.H2S/c1-28(2)17-18-29(3,4)26-20-21(10-15-25(26)28)16-19-30-27(31)24-13-11-23(12-14-24)22-8-6-5-7-9-22;/h5-15,20H,16-19H2,1-4H3,(H,30,31);1H2. The second-order valence-corrected chi connectivity index (χ2v) is 10.1. The summed E-state index contributed by atoms with van der Waals surface area (Å²) in [4.78, 5) is 12.6. The number of carbonyl (C=O) groups excluding carboxylic acids is 1. The molecular weight excluding hydrogens is 410 g/mol. The summed E-state index contributed by atoms with van der Waals surface area (Å²) in [6.07, 6.45) is 3.29. The maximum atomic E-state index is 12.6. The van der Waals surface area contributed by atoms with E-state index in [4.69, 9.17) is 0 Å². The highest BCUT2D eigenvalue weighted by Crippen LogP contribution is 2.45. The fraction of sp³-hybridized carbons (Fsp3) is 0.345. The van der Waals surface area contributed by atoms with E-state index < -0.39 is 0 Å². The number of nitrogens with one attached hydrogen (secondary N) is 1. The molecule has 168 valence electrons. The molecule has 0 bridgehead atoms. The van der Waals surface area contributed by atoms with Crippen LogP contribution in [-0.4, -0.2) is 12.5 Å². The van der Waals surface area contributed by atoms with E-state index in [0.717, 1.165) is 17.5 Å². The number of carbonyl (C=O) groups is 1. The summed E-state index contributed by atoms with van der Waals surface area (Å²) >= 11 is 0. The molecule has 0 unspecified atom stereocenters. The van der Waals surface area contributed by atoms with Gasteiger partial charge in [0.15, 0.2) is 0 Å². The predicted molar refractivity (Wildman–Crippen MR) is 140 cm³/mol. The van der Waals surface area contributed by atoms with Crippen molar-refractivity contribution < 1.29 is 4.79 Å². The fourth-order valence-electron chi connectivity index (χ4n) is 4.66. The molecule has 1 amide bonds. The molecule has 0 saturated heterocycles. The minimum absolute atomic E-state index is 0. The highest BCUT2D eigenvalue weighted by molar-refractivity contribution is 7.59. The van der Waals surface area contributed by atoms with Gasteiger partial charge in [-0.25, -0.2) is 0 Å². The highest BCUT2D eigenvalue weighted by atomic mass is 32.1. The van der Waals surface area contributed by atoms with Gasteiger partial charge in [-0.15, -0.1) is 0 Å². The molecule has 0 aliphatic heterocycles. The van der Waals surface area contributed by atoms with Crippen molar-refractivity contribution in [3.8, 4) is 11.1 Å². The predicted octanol–water partition coefficient (Wildman–Crippen LogP) is 6.79. The Kier molecular flexibility index (Phi) is 7.19. The van der Waals surface area contributed by atoms with Crippen LogP contribution >= 0.6 is 13.5 Å². The van der Waals surface area contributed by atoms with Crippen LogP contribution in [-0.2, 0) is 17.3 Å². The van der Waals surface area contributed by atoms with Gasteiger partial charge in [-0.3, -0.25) is 4.79 Å². The van der Waals surface area contributed by atoms with Crippen molar-refractivity contribution in [2.75, 3.05) is 6.54 Å². The van der Waals surface area contributed by atoms with E-state index in [1.807, 2.05) is 42.5 Å². The monoisotopic (exact) mass is 445 g/mol. The molecule has 0 saturated carbocycles. The van der Waals surface area contributed by atoms with Crippen LogP contribution in [0.25, 0.3) is 11.1 Å². The zero-order chi connectivity index (χ0) is 22.1. The Balaban J connectivity index is 0.00000289. The van der Waals surface area contributed by atoms with Crippen LogP contribution in [0, 0.1) is 0 Å². The van der Waals surface area contributed by atoms with Crippen molar-refractivity contribution in [3.05, 3.63) is 95.1 Å². The number of amides is 1. The van der Waals surface area contributed by atoms with Crippen molar-refractivity contribution in [1.29, 1.82) is 0 Å². The molecule has 0 heterocycles. The van der Waals surface area contributed by atoms with Crippen LogP contribution in [0.2, 0.25) is 0 Å². The van der Waals surface area contributed by atoms with E-state index in [9.17, 15) is 4.79 Å². The molecule has 3 heteroatoms. The van der Waals surface area contributed by atoms with E-state index in [0.29, 0.717) is 12.1 Å². The highest BCUT2D eigenvalue weighted by Gasteiger charge is 2.36. The maximum Gasteiger partial charge on any atom is 0.251 e.